The van der Waals surface area contributed by atoms with Crippen molar-refractivity contribution in [3.8, 4) is 11.5 Å². The first-order chi connectivity index (χ1) is 9.94. The van der Waals surface area contributed by atoms with Crippen LogP contribution in [-0.4, -0.2) is 37.6 Å². The van der Waals surface area contributed by atoms with Crippen molar-refractivity contribution >= 4 is 17.3 Å². The number of nitro groups is 1. The molecule has 2 N–H and O–H groups in total. The minimum Gasteiger partial charge on any atom is -0.493 e. The van der Waals surface area contributed by atoms with Crippen molar-refractivity contribution in [2.45, 2.75) is 19.9 Å². The standard InChI is InChI=1S/C13H19N3O5/c1-5-14-13(17)8(2)15-9-6-11(20-3)12(21-4)7-10(9)16(18)19/h6-8,15H,5H2,1-4H3,(H,14,17). The molecule has 1 aromatic rings. The Morgan fingerprint density at radius 2 is 1.90 bits per heavy atom. The van der Waals surface area contributed by atoms with E-state index in [1.54, 1.807) is 13.8 Å². The Morgan fingerprint density at radius 1 is 1.33 bits per heavy atom. The molecule has 0 fully saturated rings. The van der Waals surface area contributed by atoms with Crippen molar-refractivity contribution in [3.63, 3.8) is 0 Å². The highest BCUT2D eigenvalue weighted by Gasteiger charge is 2.22. The lowest BCUT2D eigenvalue weighted by Gasteiger charge is -2.16. The fourth-order valence-corrected chi connectivity index (χ4v) is 1.76. The highest BCUT2D eigenvalue weighted by molar-refractivity contribution is 5.85. The molecule has 0 aliphatic rings. The second kappa shape index (κ2) is 7.32. The molecule has 8 nitrogen and oxygen atoms in total. The van der Waals surface area contributed by atoms with E-state index in [9.17, 15) is 14.9 Å². The van der Waals surface area contributed by atoms with E-state index < -0.39 is 11.0 Å². The SMILES string of the molecule is CCNC(=O)C(C)Nc1cc(OC)c(OC)cc1[N+](=O)[O-]. The van der Waals surface area contributed by atoms with Gasteiger partial charge in [0.05, 0.1) is 25.2 Å². The van der Waals surface area contributed by atoms with Crippen molar-refractivity contribution < 1.29 is 19.2 Å². The quantitative estimate of drug-likeness (QED) is 0.584. The van der Waals surface area contributed by atoms with Crippen LogP contribution in [0.4, 0.5) is 11.4 Å². The number of methoxy groups -OCH3 is 2. The van der Waals surface area contributed by atoms with E-state index in [1.807, 2.05) is 0 Å². The molecule has 0 aromatic heterocycles. The molecule has 1 rings (SSSR count). The summed E-state index contributed by atoms with van der Waals surface area (Å²) < 4.78 is 10.1. The molecule has 1 aromatic carbocycles. The van der Waals surface area contributed by atoms with Gasteiger partial charge in [0.15, 0.2) is 11.5 Å². The Hall–Kier alpha value is -2.51. The van der Waals surface area contributed by atoms with Gasteiger partial charge in [0.2, 0.25) is 5.91 Å². The van der Waals surface area contributed by atoms with Gasteiger partial charge in [-0.3, -0.25) is 14.9 Å². The number of ether oxygens (including phenoxy) is 2. The first-order valence-corrected chi connectivity index (χ1v) is 6.39. The van der Waals surface area contributed by atoms with Gasteiger partial charge in [-0.1, -0.05) is 0 Å². The Balaban J connectivity index is 3.15. The fraction of sp³-hybridized carbons (Fsp3) is 0.462. The third-order valence-corrected chi connectivity index (χ3v) is 2.81. The number of hydrogen-bond acceptors (Lipinski definition) is 6. The van der Waals surface area contributed by atoms with Crippen LogP contribution in [0.15, 0.2) is 12.1 Å². The Labute approximate surface area is 122 Å². The summed E-state index contributed by atoms with van der Waals surface area (Å²) in [4.78, 5) is 22.3. The lowest BCUT2D eigenvalue weighted by molar-refractivity contribution is -0.384. The number of benzene rings is 1. The molecular formula is C13H19N3O5. The van der Waals surface area contributed by atoms with Gasteiger partial charge < -0.3 is 20.1 Å². The number of nitro benzene ring substituents is 1. The largest absolute Gasteiger partial charge is 0.493 e. The van der Waals surface area contributed by atoms with Crippen molar-refractivity contribution in [2.24, 2.45) is 0 Å². The number of nitrogens with zero attached hydrogens (tertiary/aromatic N) is 1. The summed E-state index contributed by atoms with van der Waals surface area (Å²) in [6, 6.07) is 2.07. The van der Waals surface area contributed by atoms with E-state index in [4.69, 9.17) is 9.47 Å². The molecule has 8 heteroatoms. The molecule has 1 amide bonds. The highest BCUT2D eigenvalue weighted by atomic mass is 16.6. The predicted octanol–water partition coefficient (Wildman–Crippen LogP) is 1.55. The van der Waals surface area contributed by atoms with Crippen LogP contribution in [0.25, 0.3) is 0 Å². The van der Waals surface area contributed by atoms with Gasteiger partial charge in [-0.2, -0.15) is 0 Å². The summed E-state index contributed by atoms with van der Waals surface area (Å²) in [5.74, 6) is 0.343. The van der Waals surface area contributed by atoms with Crippen LogP contribution in [0.1, 0.15) is 13.8 Å². The normalized spacial score (nSPS) is 11.4. The average molecular weight is 297 g/mol. The molecule has 0 saturated heterocycles. The van der Waals surface area contributed by atoms with Crippen LogP contribution in [0, 0.1) is 10.1 Å². The molecule has 116 valence electrons. The smallest absolute Gasteiger partial charge is 0.296 e. The van der Waals surface area contributed by atoms with Crippen LogP contribution in [0.5, 0.6) is 11.5 Å². The van der Waals surface area contributed by atoms with E-state index in [1.165, 1.54) is 26.4 Å². The van der Waals surface area contributed by atoms with Crippen molar-refractivity contribution in [1.82, 2.24) is 5.32 Å². The zero-order chi connectivity index (χ0) is 16.0. The highest BCUT2D eigenvalue weighted by Crippen LogP contribution is 2.37. The number of anilines is 1. The van der Waals surface area contributed by atoms with Gasteiger partial charge in [-0.15, -0.1) is 0 Å². The summed E-state index contributed by atoms with van der Waals surface area (Å²) in [5.41, 5.74) is 0.000187. The maximum atomic E-state index is 11.7. The number of hydrogen-bond donors (Lipinski definition) is 2. The predicted molar refractivity (Wildman–Crippen MR) is 78.0 cm³/mol. The molecule has 0 heterocycles. The maximum absolute atomic E-state index is 11.7. The van der Waals surface area contributed by atoms with Gasteiger partial charge >= 0.3 is 0 Å². The van der Waals surface area contributed by atoms with E-state index in [0.717, 1.165) is 0 Å². The zero-order valence-corrected chi connectivity index (χ0v) is 12.4. The Morgan fingerprint density at radius 3 is 2.38 bits per heavy atom. The minimum absolute atomic E-state index is 0.191. The summed E-state index contributed by atoms with van der Waals surface area (Å²) in [5, 5.41) is 16.6. The third-order valence-electron chi connectivity index (χ3n) is 2.81. The van der Waals surface area contributed by atoms with E-state index in [-0.39, 0.29) is 23.0 Å². The van der Waals surface area contributed by atoms with Crippen molar-refractivity contribution in [3.05, 3.63) is 22.2 Å². The number of carbonyl (C=O) groups is 1. The molecule has 0 radical (unpaired) electrons. The Bertz CT molecular complexity index is 533. The number of nitrogens with one attached hydrogen (secondary N) is 2. The van der Waals surface area contributed by atoms with Crippen molar-refractivity contribution in [2.75, 3.05) is 26.1 Å². The monoisotopic (exact) mass is 297 g/mol. The molecule has 0 aliphatic heterocycles. The van der Waals surface area contributed by atoms with Crippen LogP contribution < -0.4 is 20.1 Å². The maximum Gasteiger partial charge on any atom is 0.296 e. The molecule has 0 bridgehead atoms. The molecule has 1 unspecified atom stereocenters. The van der Waals surface area contributed by atoms with Crippen molar-refractivity contribution in [1.29, 1.82) is 0 Å². The fourth-order valence-electron chi connectivity index (χ4n) is 1.76. The number of rotatable bonds is 7. The lowest BCUT2D eigenvalue weighted by atomic mass is 10.2. The first-order valence-electron chi connectivity index (χ1n) is 6.39. The van der Waals surface area contributed by atoms with Gasteiger partial charge in [-0.25, -0.2) is 0 Å². The van der Waals surface area contributed by atoms with Gasteiger partial charge in [0, 0.05) is 12.6 Å². The number of carbonyl (C=O) groups excluding carboxylic acids is 1. The average Bonchev–Trinajstić information content (AvgIpc) is 2.46. The van der Waals surface area contributed by atoms with E-state index in [2.05, 4.69) is 10.6 Å². The molecule has 0 saturated carbocycles. The van der Waals surface area contributed by atoms with Crippen LogP contribution in [0.3, 0.4) is 0 Å². The summed E-state index contributed by atoms with van der Waals surface area (Å²) in [6.07, 6.45) is 0. The van der Waals surface area contributed by atoms with Crippen LogP contribution in [-0.2, 0) is 4.79 Å². The number of amides is 1. The minimum atomic E-state index is -0.623. The molecule has 0 spiro atoms. The van der Waals surface area contributed by atoms with Crippen LogP contribution in [0.2, 0.25) is 0 Å². The zero-order valence-electron chi connectivity index (χ0n) is 12.4. The molecule has 1 atom stereocenters. The van der Waals surface area contributed by atoms with E-state index in [0.29, 0.717) is 12.3 Å². The second-order valence-electron chi connectivity index (χ2n) is 4.24. The third kappa shape index (κ3) is 3.98. The topological polar surface area (TPSA) is 103 Å². The van der Waals surface area contributed by atoms with E-state index >= 15 is 0 Å². The summed E-state index contributed by atoms with van der Waals surface area (Å²) in [6.45, 7) is 3.90. The molecular weight excluding hydrogens is 278 g/mol. The van der Waals surface area contributed by atoms with Gasteiger partial charge in [0.1, 0.15) is 11.7 Å². The van der Waals surface area contributed by atoms with Crippen LogP contribution >= 0.6 is 0 Å². The molecule has 0 aliphatic carbocycles. The lowest BCUT2D eigenvalue weighted by Crippen LogP contribution is -2.37. The first kappa shape index (κ1) is 16.5. The van der Waals surface area contributed by atoms with Gasteiger partial charge in [0.25, 0.3) is 5.69 Å². The number of likely N-dealkylation sites (N-methyl/N-ethyl adjacent to an activating group) is 1. The summed E-state index contributed by atoms with van der Waals surface area (Å²) >= 11 is 0. The second-order valence-corrected chi connectivity index (χ2v) is 4.24. The Kier molecular flexibility index (Phi) is 5.77. The van der Waals surface area contributed by atoms with Gasteiger partial charge in [-0.05, 0) is 13.8 Å². The molecule has 21 heavy (non-hydrogen) atoms. The summed E-state index contributed by atoms with van der Waals surface area (Å²) in [7, 11) is 2.83.